The van der Waals surface area contributed by atoms with E-state index in [-0.39, 0.29) is 18.4 Å². The fourth-order valence-electron chi connectivity index (χ4n) is 3.99. The van der Waals surface area contributed by atoms with E-state index in [0.29, 0.717) is 31.6 Å². The van der Waals surface area contributed by atoms with Crippen LogP contribution in [0.2, 0.25) is 0 Å². The molecule has 1 saturated heterocycles. The predicted molar refractivity (Wildman–Crippen MR) is 119 cm³/mol. The number of urea groups is 1. The lowest BCUT2D eigenvalue weighted by atomic mass is 9.92. The van der Waals surface area contributed by atoms with Crippen LogP contribution < -0.4 is 10.6 Å². The quantitative estimate of drug-likeness (QED) is 0.579. The van der Waals surface area contributed by atoms with Crippen molar-refractivity contribution < 1.29 is 14.3 Å². The van der Waals surface area contributed by atoms with E-state index in [1.807, 2.05) is 30.3 Å². The molecule has 1 aromatic rings. The predicted octanol–water partition coefficient (Wildman–Crippen LogP) is 2.47. The smallest absolute Gasteiger partial charge is 0.317 e. The van der Waals surface area contributed by atoms with Crippen LogP contribution >= 0.6 is 0 Å². The summed E-state index contributed by atoms with van der Waals surface area (Å²) in [7, 11) is 1.75. The highest BCUT2D eigenvalue weighted by molar-refractivity contribution is 5.78. The van der Waals surface area contributed by atoms with Gasteiger partial charge in [0.05, 0.1) is 13.2 Å². The van der Waals surface area contributed by atoms with Gasteiger partial charge in [0.1, 0.15) is 0 Å². The van der Waals surface area contributed by atoms with E-state index in [4.69, 9.17) is 4.74 Å². The molecule has 1 aliphatic rings. The van der Waals surface area contributed by atoms with E-state index in [1.165, 1.54) is 0 Å². The number of benzene rings is 1. The first-order chi connectivity index (χ1) is 14.5. The molecule has 0 bridgehead atoms. The van der Waals surface area contributed by atoms with Crippen LogP contribution in [0.3, 0.4) is 0 Å². The molecule has 1 aliphatic heterocycles. The third-order valence-electron chi connectivity index (χ3n) is 5.85. The second kappa shape index (κ2) is 13.2. The molecule has 3 amide bonds. The fraction of sp³-hybridized carbons (Fsp3) is 0.652. The van der Waals surface area contributed by atoms with Gasteiger partial charge in [-0.3, -0.25) is 9.69 Å². The van der Waals surface area contributed by atoms with Crippen LogP contribution in [-0.4, -0.2) is 74.2 Å². The number of ether oxygens (including phenoxy) is 1. The normalized spacial score (nSPS) is 15.6. The Morgan fingerprint density at radius 1 is 1.10 bits per heavy atom. The number of hydrogen-bond donors (Lipinski definition) is 2. The average molecular weight is 419 g/mol. The first-order valence-corrected chi connectivity index (χ1v) is 11.2. The summed E-state index contributed by atoms with van der Waals surface area (Å²) in [5, 5.41) is 5.91. The lowest BCUT2D eigenvalue weighted by molar-refractivity contribution is -0.121. The Hall–Kier alpha value is -2.12. The summed E-state index contributed by atoms with van der Waals surface area (Å²) in [6.07, 6.45) is 2.47. The molecule has 7 nitrogen and oxygen atoms in total. The van der Waals surface area contributed by atoms with Crippen LogP contribution in [-0.2, 0) is 16.1 Å². The van der Waals surface area contributed by atoms with Crippen LogP contribution in [0.15, 0.2) is 30.3 Å². The molecule has 0 aromatic heterocycles. The summed E-state index contributed by atoms with van der Waals surface area (Å²) in [6, 6.07) is 10.0. The Labute approximate surface area is 181 Å². The molecular weight excluding hydrogens is 380 g/mol. The minimum absolute atomic E-state index is 0.0229. The Balaban J connectivity index is 1.72. The standard InChI is InChI=1S/C23H38N4O3/c1-4-20(5-2)21(27-13-15-30-16-14-27)17-25-22(28)11-12-24-23(29)26(3)18-19-9-7-6-8-10-19/h6-10,20-21H,4-5,11-18H2,1-3H3,(H,24,29)(H,25,28). The van der Waals surface area contributed by atoms with Gasteiger partial charge in [0.15, 0.2) is 0 Å². The first kappa shape index (κ1) is 24.2. The number of nitrogens with zero attached hydrogens (tertiary/aromatic N) is 2. The highest BCUT2D eigenvalue weighted by Gasteiger charge is 2.27. The number of carbonyl (C=O) groups is 2. The number of amides is 3. The van der Waals surface area contributed by atoms with Crippen molar-refractivity contribution in [2.24, 2.45) is 5.92 Å². The van der Waals surface area contributed by atoms with E-state index in [9.17, 15) is 9.59 Å². The number of hydrogen-bond acceptors (Lipinski definition) is 4. The highest BCUT2D eigenvalue weighted by Crippen LogP contribution is 2.19. The molecule has 7 heteroatoms. The van der Waals surface area contributed by atoms with Gasteiger partial charge >= 0.3 is 6.03 Å². The summed E-state index contributed by atoms with van der Waals surface area (Å²) in [5.41, 5.74) is 1.07. The third-order valence-corrected chi connectivity index (χ3v) is 5.85. The van der Waals surface area contributed by atoms with E-state index >= 15 is 0 Å². The maximum Gasteiger partial charge on any atom is 0.317 e. The van der Waals surface area contributed by atoms with Crippen molar-refractivity contribution in [1.82, 2.24) is 20.4 Å². The molecule has 2 N–H and O–H groups in total. The lowest BCUT2D eigenvalue weighted by Gasteiger charge is -2.38. The largest absolute Gasteiger partial charge is 0.379 e. The van der Waals surface area contributed by atoms with Gasteiger partial charge in [-0.05, 0) is 11.5 Å². The van der Waals surface area contributed by atoms with Gasteiger partial charge in [-0.25, -0.2) is 4.79 Å². The van der Waals surface area contributed by atoms with Crippen molar-refractivity contribution >= 4 is 11.9 Å². The molecule has 1 atom stereocenters. The third kappa shape index (κ3) is 7.95. The van der Waals surface area contributed by atoms with E-state index in [1.54, 1.807) is 11.9 Å². The van der Waals surface area contributed by atoms with Crippen LogP contribution in [0.1, 0.15) is 38.7 Å². The minimum atomic E-state index is -0.171. The zero-order valence-electron chi connectivity index (χ0n) is 18.7. The second-order valence-electron chi connectivity index (χ2n) is 7.92. The van der Waals surface area contributed by atoms with Gasteiger partial charge in [-0.15, -0.1) is 0 Å². The van der Waals surface area contributed by atoms with Gasteiger partial charge in [0.25, 0.3) is 0 Å². The summed E-state index contributed by atoms with van der Waals surface area (Å²) in [6.45, 7) is 9.29. The molecule has 0 aliphatic carbocycles. The lowest BCUT2D eigenvalue weighted by Crippen LogP contribution is -2.52. The number of nitrogens with one attached hydrogen (secondary N) is 2. The maximum absolute atomic E-state index is 12.4. The Morgan fingerprint density at radius 2 is 1.77 bits per heavy atom. The maximum atomic E-state index is 12.4. The fourth-order valence-corrected chi connectivity index (χ4v) is 3.99. The Bertz CT molecular complexity index is 631. The molecule has 0 saturated carbocycles. The van der Waals surface area contributed by atoms with Crippen molar-refractivity contribution in [1.29, 1.82) is 0 Å². The number of carbonyl (C=O) groups excluding carboxylic acids is 2. The zero-order valence-corrected chi connectivity index (χ0v) is 18.7. The highest BCUT2D eigenvalue weighted by atomic mass is 16.5. The molecule has 1 unspecified atom stereocenters. The SMILES string of the molecule is CCC(CC)C(CNC(=O)CCNC(=O)N(C)Cc1ccccc1)N1CCOCC1. The van der Waals surface area contributed by atoms with E-state index in [2.05, 4.69) is 29.4 Å². The topological polar surface area (TPSA) is 73.9 Å². The molecule has 1 aromatic carbocycles. The van der Waals surface area contributed by atoms with Crippen molar-refractivity contribution in [2.75, 3.05) is 46.4 Å². The second-order valence-corrected chi connectivity index (χ2v) is 7.92. The van der Waals surface area contributed by atoms with Crippen molar-refractivity contribution in [2.45, 2.75) is 45.7 Å². The molecule has 0 radical (unpaired) electrons. The van der Waals surface area contributed by atoms with E-state index < -0.39 is 0 Å². The number of rotatable bonds is 11. The van der Waals surface area contributed by atoms with Gasteiger partial charge < -0.3 is 20.3 Å². The zero-order chi connectivity index (χ0) is 21.8. The van der Waals surface area contributed by atoms with Gasteiger partial charge in [0.2, 0.25) is 5.91 Å². The van der Waals surface area contributed by atoms with Crippen LogP contribution in [0.5, 0.6) is 0 Å². The van der Waals surface area contributed by atoms with Gasteiger partial charge in [-0.2, -0.15) is 0 Å². The van der Waals surface area contributed by atoms with Crippen LogP contribution in [0, 0.1) is 5.92 Å². The first-order valence-electron chi connectivity index (χ1n) is 11.2. The van der Waals surface area contributed by atoms with Gasteiger partial charge in [0, 0.05) is 52.2 Å². The number of morpholine rings is 1. The Morgan fingerprint density at radius 3 is 2.40 bits per heavy atom. The van der Waals surface area contributed by atoms with Crippen molar-refractivity contribution in [3.63, 3.8) is 0 Å². The van der Waals surface area contributed by atoms with Crippen molar-refractivity contribution in [3.05, 3.63) is 35.9 Å². The molecular formula is C23H38N4O3. The molecule has 1 fully saturated rings. The molecule has 2 rings (SSSR count). The monoisotopic (exact) mass is 418 g/mol. The molecule has 1 heterocycles. The summed E-state index contributed by atoms with van der Waals surface area (Å²) < 4.78 is 5.48. The summed E-state index contributed by atoms with van der Waals surface area (Å²) in [5.74, 6) is 0.528. The Kier molecular flexibility index (Phi) is 10.7. The van der Waals surface area contributed by atoms with Crippen LogP contribution in [0.4, 0.5) is 4.79 Å². The van der Waals surface area contributed by atoms with Crippen molar-refractivity contribution in [3.8, 4) is 0 Å². The summed E-state index contributed by atoms with van der Waals surface area (Å²) in [4.78, 5) is 28.7. The summed E-state index contributed by atoms with van der Waals surface area (Å²) >= 11 is 0. The van der Waals surface area contributed by atoms with Crippen LogP contribution in [0.25, 0.3) is 0 Å². The molecule has 168 valence electrons. The average Bonchev–Trinajstić information content (AvgIpc) is 2.77. The molecule has 0 spiro atoms. The minimum Gasteiger partial charge on any atom is -0.379 e. The van der Waals surface area contributed by atoms with E-state index in [0.717, 1.165) is 44.7 Å². The molecule has 30 heavy (non-hydrogen) atoms. The van der Waals surface area contributed by atoms with Gasteiger partial charge in [-0.1, -0.05) is 57.0 Å².